The van der Waals surface area contributed by atoms with E-state index in [0.717, 1.165) is 29.9 Å². The van der Waals surface area contributed by atoms with Gasteiger partial charge in [0, 0.05) is 18.9 Å². The second kappa shape index (κ2) is 5.31. The highest BCUT2D eigenvalue weighted by Gasteiger charge is 2.17. The number of pyridine rings is 1. The largest absolute Gasteiger partial charge is 0.319 e. The van der Waals surface area contributed by atoms with Crippen molar-refractivity contribution in [1.82, 2.24) is 14.8 Å². The molecule has 0 aromatic carbocycles. The lowest BCUT2D eigenvalue weighted by Gasteiger charge is -2.15. The molecule has 0 saturated carbocycles. The molecule has 1 atom stereocenters. The molecule has 96 valence electrons. The fourth-order valence-electron chi connectivity index (χ4n) is 2.12. The Morgan fingerprint density at radius 1 is 1.39 bits per heavy atom. The maximum Gasteiger partial charge on any atom is 0.0740 e. The average Bonchev–Trinajstić information content (AvgIpc) is 2.82. The molecule has 0 radical (unpaired) electrons. The lowest BCUT2D eigenvalue weighted by Crippen LogP contribution is -2.18. The highest BCUT2D eigenvalue weighted by atomic mass is 15.3. The van der Waals surface area contributed by atoms with Gasteiger partial charge in [-0.2, -0.15) is 5.10 Å². The first-order valence-corrected chi connectivity index (χ1v) is 6.40. The summed E-state index contributed by atoms with van der Waals surface area (Å²) >= 11 is 0. The van der Waals surface area contributed by atoms with Crippen molar-refractivity contribution >= 4 is 0 Å². The Morgan fingerprint density at radius 3 is 2.78 bits per heavy atom. The van der Waals surface area contributed by atoms with Crippen LogP contribution in [0.15, 0.2) is 24.5 Å². The van der Waals surface area contributed by atoms with Crippen molar-refractivity contribution in [2.45, 2.75) is 39.8 Å². The first-order chi connectivity index (χ1) is 8.67. The zero-order valence-electron chi connectivity index (χ0n) is 11.2. The van der Waals surface area contributed by atoms with E-state index >= 15 is 0 Å². The van der Waals surface area contributed by atoms with Crippen LogP contribution >= 0.6 is 0 Å². The van der Waals surface area contributed by atoms with Gasteiger partial charge >= 0.3 is 0 Å². The SMILES string of the molecule is CCc1cc(C(N)c2cnccc2C)n(CC)n1. The number of rotatable bonds is 4. The number of aromatic nitrogens is 3. The van der Waals surface area contributed by atoms with Gasteiger partial charge in [0.2, 0.25) is 0 Å². The zero-order chi connectivity index (χ0) is 13.1. The van der Waals surface area contributed by atoms with Crippen LogP contribution < -0.4 is 5.73 Å². The number of nitrogens with two attached hydrogens (primary N) is 1. The molecule has 2 heterocycles. The summed E-state index contributed by atoms with van der Waals surface area (Å²) < 4.78 is 1.98. The molecule has 1 unspecified atom stereocenters. The predicted octanol–water partition coefficient (Wildman–Crippen LogP) is 2.22. The zero-order valence-corrected chi connectivity index (χ0v) is 11.2. The summed E-state index contributed by atoms with van der Waals surface area (Å²) in [6.45, 7) is 7.08. The van der Waals surface area contributed by atoms with Gasteiger partial charge in [0.1, 0.15) is 0 Å². The van der Waals surface area contributed by atoms with Crippen LogP contribution in [-0.4, -0.2) is 14.8 Å². The van der Waals surface area contributed by atoms with Gasteiger partial charge in [-0.05, 0) is 43.5 Å². The third-order valence-corrected chi connectivity index (χ3v) is 3.26. The van der Waals surface area contributed by atoms with E-state index in [4.69, 9.17) is 5.73 Å². The summed E-state index contributed by atoms with van der Waals surface area (Å²) in [4.78, 5) is 4.16. The van der Waals surface area contributed by atoms with Crippen LogP contribution in [0.2, 0.25) is 0 Å². The number of aryl methyl sites for hydroxylation is 3. The second-order valence-corrected chi connectivity index (χ2v) is 4.44. The monoisotopic (exact) mass is 244 g/mol. The lowest BCUT2D eigenvalue weighted by molar-refractivity contribution is 0.593. The van der Waals surface area contributed by atoms with Crippen LogP contribution in [0, 0.1) is 6.92 Å². The van der Waals surface area contributed by atoms with Crippen LogP contribution in [0.5, 0.6) is 0 Å². The van der Waals surface area contributed by atoms with Crippen LogP contribution in [0.1, 0.15) is 42.4 Å². The molecule has 0 aliphatic heterocycles. The molecule has 2 aromatic rings. The summed E-state index contributed by atoms with van der Waals surface area (Å²) in [5, 5.41) is 4.54. The normalized spacial score (nSPS) is 12.7. The smallest absolute Gasteiger partial charge is 0.0740 e. The van der Waals surface area contributed by atoms with Crippen molar-refractivity contribution < 1.29 is 0 Å². The Hall–Kier alpha value is -1.68. The van der Waals surface area contributed by atoms with Gasteiger partial charge in [0.25, 0.3) is 0 Å². The molecule has 0 amide bonds. The Balaban J connectivity index is 2.42. The number of nitrogens with zero attached hydrogens (tertiary/aromatic N) is 3. The third kappa shape index (κ3) is 2.29. The Bertz CT molecular complexity index is 530. The van der Waals surface area contributed by atoms with E-state index in [2.05, 4.69) is 36.9 Å². The maximum atomic E-state index is 6.36. The van der Waals surface area contributed by atoms with Gasteiger partial charge in [-0.1, -0.05) is 6.92 Å². The van der Waals surface area contributed by atoms with Crippen molar-refractivity contribution in [2.24, 2.45) is 5.73 Å². The van der Waals surface area contributed by atoms with Crippen molar-refractivity contribution in [2.75, 3.05) is 0 Å². The number of hydrogen-bond donors (Lipinski definition) is 1. The van der Waals surface area contributed by atoms with E-state index in [1.54, 1.807) is 6.20 Å². The highest BCUT2D eigenvalue weighted by molar-refractivity contribution is 5.32. The molecule has 2 N–H and O–H groups in total. The summed E-state index contributed by atoms with van der Waals surface area (Å²) in [5.74, 6) is 0. The maximum absolute atomic E-state index is 6.36. The fraction of sp³-hybridized carbons (Fsp3) is 0.429. The van der Waals surface area contributed by atoms with Crippen LogP contribution in [0.3, 0.4) is 0 Å². The molecule has 4 nitrogen and oxygen atoms in total. The Labute approximate surface area is 108 Å². The van der Waals surface area contributed by atoms with Crippen molar-refractivity contribution in [3.63, 3.8) is 0 Å². The molecule has 0 fully saturated rings. The summed E-state index contributed by atoms with van der Waals surface area (Å²) in [7, 11) is 0. The van der Waals surface area contributed by atoms with E-state index in [0.29, 0.717) is 0 Å². The van der Waals surface area contributed by atoms with Crippen molar-refractivity contribution in [3.8, 4) is 0 Å². The van der Waals surface area contributed by atoms with E-state index in [1.165, 1.54) is 5.56 Å². The molecule has 0 aliphatic rings. The van der Waals surface area contributed by atoms with Crippen LogP contribution in [0.25, 0.3) is 0 Å². The predicted molar refractivity (Wildman–Crippen MR) is 72.3 cm³/mol. The molecular formula is C14H20N4. The quantitative estimate of drug-likeness (QED) is 0.897. The molecular weight excluding hydrogens is 224 g/mol. The standard InChI is InChI=1S/C14H20N4/c1-4-11-8-13(18(5-2)17-11)14(15)12-9-16-7-6-10(12)3/h6-9,14H,4-5,15H2,1-3H3. The minimum atomic E-state index is -0.161. The van der Waals surface area contributed by atoms with E-state index < -0.39 is 0 Å². The summed E-state index contributed by atoms with van der Waals surface area (Å²) in [5.41, 5.74) is 10.7. The van der Waals surface area contributed by atoms with Gasteiger partial charge in [0.15, 0.2) is 0 Å². The molecule has 0 saturated heterocycles. The van der Waals surface area contributed by atoms with Gasteiger partial charge in [-0.15, -0.1) is 0 Å². The van der Waals surface area contributed by atoms with Crippen molar-refractivity contribution in [3.05, 3.63) is 47.0 Å². The molecule has 18 heavy (non-hydrogen) atoms. The van der Waals surface area contributed by atoms with Gasteiger partial charge in [0.05, 0.1) is 17.4 Å². The minimum Gasteiger partial charge on any atom is -0.319 e. The van der Waals surface area contributed by atoms with Crippen molar-refractivity contribution in [1.29, 1.82) is 0 Å². The Kier molecular flexibility index (Phi) is 3.77. The lowest BCUT2D eigenvalue weighted by atomic mass is 10.0. The molecule has 2 rings (SSSR count). The minimum absolute atomic E-state index is 0.161. The molecule has 0 aliphatic carbocycles. The molecule has 2 aromatic heterocycles. The average molecular weight is 244 g/mol. The molecule has 0 spiro atoms. The summed E-state index contributed by atoms with van der Waals surface area (Å²) in [6, 6.07) is 3.93. The first kappa shape index (κ1) is 12.8. The topological polar surface area (TPSA) is 56.7 Å². The van der Waals surface area contributed by atoms with Gasteiger partial charge < -0.3 is 5.73 Å². The third-order valence-electron chi connectivity index (χ3n) is 3.26. The Morgan fingerprint density at radius 2 is 2.17 bits per heavy atom. The molecule has 0 bridgehead atoms. The summed E-state index contributed by atoms with van der Waals surface area (Å²) in [6.07, 6.45) is 4.57. The van der Waals surface area contributed by atoms with E-state index in [1.807, 2.05) is 16.9 Å². The number of hydrogen-bond acceptors (Lipinski definition) is 3. The first-order valence-electron chi connectivity index (χ1n) is 6.40. The fourth-order valence-corrected chi connectivity index (χ4v) is 2.12. The second-order valence-electron chi connectivity index (χ2n) is 4.44. The van der Waals surface area contributed by atoms with E-state index in [-0.39, 0.29) is 6.04 Å². The molecule has 4 heteroatoms. The van der Waals surface area contributed by atoms with Gasteiger partial charge in [-0.25, -0.2) is 0 Å². The van der Waals surface area contributed by atoms with Gasteiger partial charge in [-0.3, -0.25) is 9.67 Å². The highest BCUT2D eigenvalue weighted by Crippen LogP contribution is 2.22. The van der Waals surface area contributed by atoms with Crippen LogP contribution in [-0.2, 0) is 13.0 Å². The van der Waals surface area contributed by atoms with E-state index in [9.17, 15) is 0 Å². The van der Waals surface area contributed by atoms with Crippen LogP contribution in [0.4, 0.5) is 0 Å².